The predicted molar refractivity (Wildman–Crippen MR) is 81.3 cm³/mol. The molecule has 1 atom stereocenters. The van der Waals surface area contributed by atoms with E-state index in [1.54, 1.807) is 11.3 Å². The fourth-order valence-corrected chi connectivity index (χ4v) is 3.08. The maximum atomic E-state index is 6.35. The summed E-state index contributed by atoms with van der Waals surface area (Å²) < 4.78 is 0. The molecular weight excluding hydrogens is 252 g/mol. The Morgan fingerprint density at radius 2 is 2.05 bits per heavy atom. The summed E-state index contributed by atoms with van der Waals surface area (Å²) in [4.78, 5) is 5.78. The fourth-order valence-electron chi connectivity index (χ4n) is 2.36. The maximum Gasteiger partial charge on any atom is 0.0705 e. The van der Waals surface area contributed by atoms with Gasteiger partial charge in [0.2, 0.25) is 0 Å². The van der Waals surface area contributed by atoms with Crippen LogP contribution in [0.2, 0.25) is 0 Å². The van der Waals surface area contributed by atoms with Crippen LogP contribution in [0.5, 0.6) is 0 Å². The Kier molecular flexibility index (Phi) is 3.58. The fraction of sp³-hybridized carbons (Fsp3) is 0.188. The normalized spacial score (nSPS) is 12.7. The van der Waals surface area contributed by atoms with E-state index in [1.807, 2.05) is 24.4 Å². The number of hydrogen-bond acceptors (Lipinski definition) is 3. The summed E-state index contributed by atoms with van der Waals surface area (Å²) in [5, 5.41) is 3.28. The molecule has 2 nitrogen and oxygen atoms in total. The highest BCUT2D eigenvalue weighted by atomic mass is 32.1. The molecule has 0 amide bonds. The third kappa shape index (κ3) is 2.67. The highest BCUT2D eigenvalue weighted by Gasteiger charge is 2.10. The summed E-state index contributed by atoms with van der Waals surface area (Å²) in [7, 11) is 0. The topological polar surface area (TPSA) is 38.9 Å². The van der Waals surface area contributed by atoms with Gasteiger partial charge in [0, 0.05) is 22.5 Å². The minimum Gasteiger partial charge on any atom is -0.324 e. The van der Waals surface area contributed by atoms with Gasteiger partial charge in [0.25, 0.3) is 0 Å². The highest BCUT2D eigenvalue weighted by Crippen LogP contribution is 2.25. The van der Waals surface area contributed by atoms with Crippen LogP contribution in [0.1, 0.15) is 22.9 Å². The first-order valence-corrected chi connectivity index (χ1v) is 7.34. The molecule has 1 aromatic carbocycles. The number of aryl methyl sites for hydroxylation is 1. The van der Waals surface area contributed by atoms with Gasteiger partial charge in [-0.3, -0.25) is 4.98 Å². The molecule has 0 spiro atoms. The second kappa shape index (κ2) is 5.51. The van der Waals surface area contributed by atoms with E-state index < -0.39 is 0 Å². The summed E-state index contributed by atoms with van der Waals surface area (Å²) in [6, 6.07) is 14.6. The number of fused-ring (bicyclic) bond motifs is 1. The van der Waals surface area contributed by atoms with Crippen molar-refractivity contribution in [1.29, 1.82) is 0 Å². The average molecular weight is 268 g/mol. The lowest BCUT2D eigenvalue weighted by atomic mass is 9.98. The minimum absolute atomic E-state index is 0.0648. The largest absolute Gasteiger partial charge is 0.324 e. The van der Waals surface area contributed by atoms with Crippen LogP contribution in [0.25, 0.3) is 10.9 Å². The summed E-state index contributed by atoms with van der Waals surface area (Å²) >= 11 is 1.80. The van der Waals surface area contributed by atoms with Crippen molar-refractivity contribution in [3.05, 3.63) is 64.5 Å². The Labute approximate surface area is 116 Å². The standard InChI is InChI=1S/C16H16N2S/c17-15(9-8-12-4-3-11-19-12)13-5-1-7-16-14(13)6-2-10-18-16/h1-7,10-11,15H,8-9,17H2. The van der Waals surface area contributed by atoms with Gasteiger partial charge in [0.15, 0.2) is 0 Å². The van der Waals surface area contributed by atoms with Crippen molar-refractivity contribution in [2.24, 2.45) is 5.73 Å². The molecule has 3 rings (SSSR count). The molecule has 96 valence electrons. The van der Waals surface area contributed by atoms with Crippen LogP contribution in [-0.4, -0.2) is 4.98 Å². The van der Waals surface area contributed by atoms with E-state index in [9.17, 15) is 0 Å². The second-order valence-corrected chi connectivity index (χ2v) is 5.67. The molecule has 19 heavy (non-hydrogen) atoms. The Balaban J connectivity index is 1.83. The maximum absolute atomic E-state index is 6.35. The van der Waals surface area contributed by atoms with E-state index in [-0.39, 0.29) is 6.04 Å². The van der Waals surface area contributed by atoms with Gasteiger partial charge in [-0.25, -0.2) is 0 Å². The van der Waals surface area contributed by atoms with E-state index in [0.717, 1.165) is 18.4 Å². The van der Waals surface area contributed by atoms with Gasteiger partial charge in [-0.05, 0) is 42.0 Å². The second-order valence-electron chi connectivity index (χ2n) is 4.64. The molecule has 0 aliphatic carbocycles. The van der Waals surface area contributed by atoms with Gasteiger partial charge in [-0.1, -0.05) is 24.3 Å². The molecule has 2 aromatic heterocycles. The molecular formula is C16H16N2S. The molecule has 0 fully saturated rings. The van der Waals surface area contributed by atoms with Gasteiger partial charge in [0.1, 0.15) is 0 Å². The monoisotopic (exact) mass is 268 g/mol. The molecule has 0 aliphatic rings. The van der Waals surface area contributed by atoms with E-state index in [4.69, 9.17) is 5.73 Å². The Bertz CT molecular complexity index is 656. The lowest BCUT2D eigenvalue weighted by Gasteiger charge is -2.13. The Morgan fingerprint density at radius 1 is 1.11 bits per heavy atom. The van der Waals surface area contributed by atoms with Crippen LogP contribution >= 0.6 is 11.3 Å². The number of rotatable bonds is 4. The van der Waals surface area contributed by atoms with E-state index >= 15 is 0 Å². The number of thiophene rings is 1. The molecule has 2 heterocycles. The molecule has 0 bridgehead atoms. The van der Waals surface area contributed by atoms with E-state index in [2.05, 4.69) is 34.6 Å². The average Bonchev–Trinajstić information content (AvgIpc) is 2.97. The number of pyridine rings is 1. The smallest absolute Gasteiger partial charge is 0.0705 e. The van der Waals surface area contributed by atoms with Crippen LogP contribution in [0.3, 0.4) is 0 Å². The first-order valence-electron chi connectivity index (χ1n) is 6.46. The number of nitrogens with two attached hydrogens (primary N) is 1. The molecule has 0 saturated carbocycles. The van der Waals surface area contributed by atoms with Crippen LogP contribution in [-0.2, 0) is 6.42 Å². The van der Waals surface area contributed by atoms with Gasteiger partial charge < -0.3 is 5.73 Å². The summed E-state index contributed by atoms with van der Waals surface area (Å²) in [5.41, 5.74) is 8.57. The highest BCUT2D eigenvalue weighted by molar-refractivity contribution is 7.09. The number of nitrogens with zero attached hydrogens (tertiary/aromatic N) is 1. The van der Waals surface area contributed by atoms with Crippen molar-refractivity contribution in [1.82, 2.24) is 4.98 Å². The summed E-state index contributed by atoms with van der Waals surface area (Å²) in [5.74, 6) is 0. The minimum atomic E-state index is 0.0648. The molecule has 0 radical (unpaired) electrons. The summed E-state index contributed by atoms with van der Waals surface area (Å²) in [6.45, 7) is 0. The van der Waals surface area contributed by atoms with Crippen LogP contribution in [0.15, 0.2) is 54.0 Å². The van der Waals surface area contributed by atoms with Crippen molar-refractivity contribution in [3.63, 3.8) is 0 Å². The zero-order chi connectivity index (χ0) is 13.1. The first kappa shape index (κ1) is 12.3. The molecule has 1 unspecified atom stereocenters. The van der Waals surface area contributed by atoms with Gasteiger partial charge in [-0.2, -0.15) is 0 Å². The molecule has 0 aliphatic heterocycles. The number of aromatic nitrogens is 1. The van der Waals surface area contributed by atoms with Gasteiger partial charge in [0.05, 0.1) is 5.52 Å². The molecule has 3 aromatic rings. The zero-order valence-corrected chi connectivity index (χ0v) is 11.4. The van der Waals surface area contributed by atoms with Crippen molar-refractivity contribution in [3.8, 4) is 0 Å². The Hall–Kier alpha value is -1.71. The van der Waals surface area contributed by atoms with Gasteiger partial charge >= 0.3 is 0 Å². The van der Waals surface area contributed by atoms with Gasteiger partial charge in [-0.15, -0.1) is 11.3 Å². The van der Waals surface area contributed by atoms with Crippen LogP contribution in [0, 0.1) is 0 Å². The SMILES string of the molecule is NC(CCc1cccs1)c1cccc2ncccc12. The predicted octanol–water partition coefficient (Wildman–Crippen LogP) is 3.93. The molecule has 2 N–H and O–H groups in total. The van der Waals surface area contributed by atoms with Crippen molar-refractivity contribution in [2.75, 3.05) is 0 Å². The number of benzene rings is 1. The van der Waals surface area contributed by atoms with Crippen molar-refractivity contribution < 1.29 is 0 Å². The van der Waals surface area contributed by atoms with Crippen LogP contribution in [0.4, 0.5) is 0 Å². The molecule has 3 heteroatoms. The van der Waals surface area contributed by atoms with Crippen LogP contribution < -0.4 is 5.73 Å². The van der Waals surface area contributed by atoms with E-state index in [1.165, 1.54) is 15.8 Å². The molecule has 0 saturated heterocycles. The Morgan fingerprint density at radius 3 is 2.89 bits per heavy atom. The third-order valence-electron chi connectivity index (χ3n) is 3.36. The third-order valence-corrected chi connectivity index (χ3v) is 4.30. The van der Waals surface area contributed by atoms with E-state index in [0.29, 0.717) is 0 Å². The number of hydrogen-bond donors (Lipinski definition) is 1. The lowest BCUT2D eigenvalue weighted by Crippen LogP contribution is -2.11. The van der Waals surface area contributed by atoms with Crippen molar-refractivity contribution >= 4 is 22.2 Å². The first-order chi connectivity index (χ1) is 9.34. The van der Waals surface area contributed by atoms with Crippen molar-refractivity contribution in [2.45, 2.75) is 18.9 Å². The zero-order valence-electron chi connectivity index (χ0n) is 10.6. The lowest BCUT2D eigenvalue weighted by molar-refractivity contribution is 0.660. The summed E-state index contributed by atoms with van der Waals surface area (Å²) in [6.07, 6.45) is 3.83. The quantitative estimate of drug-likeness (QED) is 0.778.